The van der Waals surface area contributed by atoms with Gasteiger partial charge in [-0.3, -0.25) is 4.68 Å². The average molecular weight is 277 g/mol. The Balaban J connectivity index is 1.85. The maximum Gasteiger partial charge on any atom is 0.0625 e. The molecule has 0 amide bonds. The van der Waals surface area contributed by atoms with E-state index in [0.717, 1.165) is 13.0 Å². The predicted octanol–water partition coefficient (Wildman–Crippen LogP) is 3.96. The first-order valence-corrected chi connectivity index (χ1v) is 8.48. The van der Waals surface area contributed by atoms with Crippen LogP contribution in [0.3, 0.4) is 0 Å². The lowest BCUT2D eigenvalue weighted by Crippen LogP contribution is -2.34. The number of hydrogen-bond acceptors (Lipinski definition) is 2. The summed E-state index contributed by atoms with van der Waals surface area (Å²) in [6, 6.07) is 3.49. The Morgan fingerprint density at radius 2 is 2.05 bits per heavy atom. The molecule has 0 saturated heterocycles. The molecule has 1 aliphatic carbocycles. The van der Waals surface area contributed by atoms with Crippen molar-refractivity contribution in [3.05, 3.63) is 18.0 Å². The fourth-order valence-corrected chi connectivity index (χ4v) is 3.30. The standard InChI is InChI=1S/C17H31N3/c1-4-18-17(14(2)3)11-10-15-12-13-20(19-15)16-8-6-5-7-9-16/h12-14,16-18H,4-11H2,1-3H3. The Kier molecular flexibility index (Phi) is 6.08. The summed E-state index contributed by atoms with van der Waals surface area (Å²) in [5, 5.41) is 8.40. The quantitative estimate of drug-likeness (QED) is 0.817. The van der Waals surface area contributed by atoms with Crippen LogP contribution in [0.4, 0.5) is 0 Å². The fraction of sp³-hybridized carbons (Fsp3) is 0.824. The third-order valence-corrected chi connectivity index (χ3v) is 4.59. The summed E-state index contributed by atoms with van der Waals surface area (Å²) < 4.78 is 2.23. The van der Waals surface area contributed by atoms with E-state index in [-0.39, 0.29) is 0 Å². The largest absolute Gasteiger partial charge is 0.314 e. The van der Waals surface area contributed by atoms with Gasteiger partial charge in [0.05, 0.1) is 11.7 Å². The summed E-state index contributed by atoms with van der Waals surface area (Å²) in [7, 11) is 0. The van der Waals surface area contributed by atoms with Gasteiger partial charge in [-0.1, -0.05) is 40.0 Å². The van der Waals surface area contributed by atoms with Gasteiger partial charge in [-0.15, -0.1) is 0 Å². The van der Waals surface area contributed by atoms with Gasteiger partial charge in [0.1, 0.15) is 0 Å². The van der Waals surface area contributed by atoms with Gasteiger partial charge in [0, 0.05) is 12.2 Å². The second kappa shape index (κ2) is 7.82. The molecule has 0 bridgehead atoms. The molecule has 0 aromatic carbocycles. The van der Waals surface area contributed by atoms with Crippen molar-refractivity contribution in [2.45, 2.75) is 77.8 Å². The Morgan fingerprint density at radius 3 is 2.70 bits per heavy atom. The summed E-state index contributed by atoms with van der Waals surface area (Å²) in [6.07, 6.45) is 11.3. The molecule has 0 radical (unpaired) electrons. The summed E-state index contributed by atoms with van der Waals surface area (Å²) in [6.45, 7) is 7.84. The lowest BCUT2D eigenvalue weighted by atomic mass is 9.96. The highest BCUT2D eigenvalue weighted by molar-refractivity contribution is 5.01. The minimum atomic E-state index is 0.611. The van der Waals surface area contributed by atoms with Crippen LogP contribution in [0.1, 0.15) is 71.0 Å². The number of nitrogens with one attached hydrogen (secondary N) is 1. The van der Waals surface area contributed by atoms with Crippen LogP contribution in [0.2, 0.25) is 0 Å². The molecule has 1 heterocycles. The first kappa shape index (κ1) is 15.6. The zero-order chi connectivity index (χ0) is 14.4. The molecule has 3 heteroatoms. The number of aryl methyl sites for hydroxylation is 1. The molecule has 1 aliphatic rings. The van der Waals surface area contributed by atoms with Crippen LogP contribution in [0.15, 0.2) is 12.3 Å². The van der Waals surface area contributed by atoms with Crippen LogP contribution in [0.25, 0.3) is 0 Å². The van der Waals surface area contributed by atoms with Crippen molar-refractivity contribution in [3.63, 3.8) is 0 Å². The van der Waals surface area contributed by atoms with E-state index < -0.39 is 0 Å². The molecular formula is C17H31N3. The zero-order valence-corrected chi connectivity index (χ0v) is 13.4. The molecule has 1 fully saturated rings. The third kappa shape index (κ3) is 4.34. The summed E-state index contributed by atoms with van der Waals surface area (Å²) >= 11 is 0. The van der Waals surface area contributed by atoms with Gasteiger partial charge in [-0.05, 0) is 44.2 Å². The van der Waals surface area contributed by atoms with E-state index in [9.17, 15) is 0 Å². The molecule has 1 saturated carbocycles. The topological polar surface area (TPSA) is 29.9 Å². The predicted molar refractivity (Wildman–Crippen MR) is 85.0 cm³/mol. The fourth-order valence-electron chi connectivity index (χ4n) is 3.30. The second-order valence-corrected chi connectivity index (χ2v) is 6.53. The van der Waals surface area contributed by atoms with Crippen molar-refractivity contribution in [3.8, 4) is 0 Å². The number of nitrogens with zero attached hydrogens (tertiary/aromatic N) is 2. The summed E-state index contributed by atoms with van der Waals surface area (Å²) in [4.78, 5) is 0. The normalized spacial score (nSPS) is 18.6. The molecule has 1 aromatic heterocycles. The van der Waals surface area contributed by atoms with Crippen LogP contribution >= 0.6 is 0 Å². The van der Waals surface area contributed by atoms with E-state index >= 15 is 0 Å². The second-order valence-electron chi connectivity index (χ2n) is 6.53. The van der Waals surface area contributed by atoms with Crippen LogP contribution < -0.4 is 5.32 Å². The smallest absolute Gasteiger partial charge is 0.0625 e. The molecule has 0 spiro atoms. The molecular weight excluding hydrogens is 246 g/mol. The van der Waals surface area contributed by atoms with Gasteiger partial charge >= 0.3 is 0 Å². The SMILES string of the molecule is CCNC(CCc1ccn(C2CCCCC2)n1)C(C)C. The third-order valence-electron chi connectivity index (χ3n) is 4.59. The zero-order valence-electron chi connectivity index (χ0n) is 13.4. The van der Waals surface area contributed by atoms with Gasteiger partial charge in [-0.25, -0.2) is 0 Å². The van der Waals surface area contributed by atoms with Crippen LogP contribution in [0.5, 0.6) is 0 Å². The Bertz CT molecular complexity index is 377. The molecule has 1 unspecified atom stereocenters. The van der Waals surface area contributed by atoms with Gasteiger partial charge in [0.25, 0.3) is 0 Å². The lowest BCUT2D eigenvalue weighted by molar-refractivity contribution is 0.327. The van der Waals surface area contributed by atoms with Crippen molar-refractivity contribution in [2.75, 3.05) is 6.54 Å². The minimum absolute atomic E-state index is 0.611. The van der Waals surface area contributed by atoms with Gasteiger partial charge in [0.15, 0.2) is 0 Å². The summed E-state index contributed by atoms with van der Waals surface area (Å²) in [5.74, 6) is 0.690. The Hall–Kier alpha value is -0.830. The van der Waals surface area contributed by atoms with Gasteiger partial charge in [-0.2, -0.15) is 5.10 Å². The van der Waals surface area contributed by atoms with E-state index in [4.69, 9.17) is 5.10 Å². The van der Waals surface area contributed by atoms with Crippen molar-refractivity contribution in [2.24, 2.45) is 5.92 Å². The molecule has 1 N–H and O–H groups in total. The van der Waals surface area contributed by atoms with Crippen LogP contribution in [-0.4, -0.2) is 22.4 Å². The van der Waals surface area contributed by atoms with Crippen LogP contribution in [0, 0.1) is 5.92 Å². The molecule has 1 atom stereocenters. The lowest BCUT2D eigenvalue weighted by Gasteiger charge is -2.22. The maximum atomic E-state index is 4.81. The minimum Gasteiger partial charge on any atom is -0.314 e. The van der Waals surface area contributed by atoms with Gasteiger partial charge < -0.3 is 5.32 Å². The number of aromatic nitrogens is 2. The van der Waals surface area contributed by atoms with Crippen LogP contribution in [-0.2, 0) is 6.42 Å². The average Bonchev–Trinajstić information content (AvgIpc) is 2.93. The molecule has 3 nitrogen and oxygen atoms in total. The molecule has 2 rings (SSSR count). The molecule has 20 heavy (non-hydrogen) atoms. The van der Waals surface area contributed by atoms with Crippen molar-refractivity contribution in [1.29, 1.82) is 0 Å². The van der Waals surface area contributed by atoms with E-state index in [1.54, 1.807) is 0 Å². The van der Waals surface area contributed by atoms with Crippen molar-refractivity contribution in [1.82, 2.24) is 15.1 Å². The van der Waals surface area contributed by atoms with E-state index in [0.29, 0.717) is 18.0 Å². The van der Waals surface area contributed by atoms with E-state index in [1.807, 2.05) is 0 Å². The Labute approximate surface area is 124 Å². The van der Waals surface area contributed by atoms with Crippen molar-refractivity contribution >= 4 is 0 Å². The maximum absolute atomic E-state index is 4.81. The number of rotatable bonds is 7. The van der Waals surface area contributed by atoms with E-state index in [2.05, 4.69) is 43.0 Å². The van der Waals surface area contributed by atoms with E-state index in [1.165, 1.54) is 44.2 Å². The number of hydrogen-bond donors (Lipinski definition) is 1. The molecule has 1 aromatic rings. The highest BCUT2D eigenvalue weighted by atomic mass is 15.3. The van der Waals surface area contributed by atoms with Gasteiger partial charge in [0.2, 0.25) is 0 Å². The Morgan fingerprint density at radius 1 is 1.30 bits per heavy atom. The monoisotopic (exact) mass is 277 g/mol. The first-order valence-electron chi connectivity index (χ1n) is 8.48. The first-order chi connectivity index (χ1) is 9.70. The van der Waals surface area contributed by atoms with Crippen molar-refractivity contribution < 1.29 is 0 Å². The highest BCUT2D eigenvalue weighted by Crippen LogP contribution is 2.27. The molecule has 114 valence electrons. The summed E-state index contributed by atoms with van der Waals surface area (Å²) in [5.41, 5.74) is 1.26. The highest BCUT2D eigenvalue weighted by Gasteiger charge is 2.17. The molecule has 0 aliphatic heterocycles.